The normalized spacial score (nSPS) is 23.0. The minimum Gasteiger partial charge on any atom is -0.331 e. The maximum absolute atomic E-state index is 12.9. The predicted molar refractivity (Wildman–Crippen MR) is 85.2 cm³/mol. The molecule has 0 radical (unpaired) electrons. The lowest BCUT2D eigenvalue weighted by Gasteiger charge is -2.34. The Morgan fingerprint density at radius 1 is 1.19 bits per heavy atom. The van der Waals surface area contributed by atoms with Gasteiger partial charge in [-0.3, -0.25) is 9.59 Å². The topological polar surface area (TPSA) is 40.6 Å². The monoisotopic (exact) mass is 350 g/mol. The molecule has 1 aromatic rings. The molecule has 0 saturated carbocycles. The summed E-state index contributed by atoms with van der Waals surface area (Å²) in [5.74, 6) is 0.172. The quantitative estimate of drug-likeness (QED) is 0.781. The molecule has 0 bridgehead atoms. The van der Waals surface area contributed by atoms with Crippen molar-refractivity contribution >= 4 is 33.4 Å². The number of hydrogen-bond donors (Lipinski definition) is 0. The van der Waals surface area contributed by atoms with E-state index in [1.807, 2.05) is 25.1 Å². The summed E-state index contributed by atoms with van der Waals surface area (Å²) in [6, 6.07) is 5.70. The molecule has 112 valence electrons. The van der Waals surface area contributed by atoms with Crippen molar-refractivity contribution in [3.8, 4) is 0 Å². The van der Waals surface area contributed by atoms with Gasteiger partial charge in [0.2, 0.25) is 11.8 Å². The number of benzene rings is 1. The second-order valence-corrected chi connectivity index (χ2v) is 6.65. The molecule has 0 N–H and O–H groups in total. The second kappa shape index (κ2) is 5.79. The van der Waals surface area contributed by atoms with Gasteiger partial charge in [0.05, 0.1) is 5.69 Å². The second-order valence-electron chi connectivity index (χ2n) is 5.79. The van der Waals surface area contributed by atoms with E-state index in [-0.39, 0.29) is 17.9 Å². The van der Waals surface area contributed by atoms with E-state index in [1.54, 1.807) is 9.80 Å². The highest BCUT2D eigenvalue weighted by molar-refractivity contribution is 9.10. The first-order chi connectivity index (χ1) is 10.1. The van der Waals surface area contributed by atoms with Crippen molar-refractivity contribution in [3.63, 3.8) is 0 Å². The summed E-state index contributed by atoms with van der Waals surface area (Å²) in [5.41, 5.74) is 1.98. The standard InChI is InChI=1S/C16H19BrN2O2/c1-11-5-6-12(17)14(10-11)19-9-7-15(20)18-8-3-2-4-13(18)16(19)21/h5-6,10,13H,2-4,7-9H2,1H3. The van der Waals surface area contributed by atoms with Crippen molar-refractivity contribution in [2.45, 2.75) is 38.6 Å². The number of piperidine rings is 1. The summed E-state index contributed by atoms with van der Waals surface area (Å²) in [7, 11) is 0. The molecule has 2 aliphatic heterocycles. The highest BCUT2D eigenvalue weighted by Crippen LogP contribution is 2.31. The molecular weight excluding hydrogens is 332 g/mol. The van der Waals surface area contributed by atoms with E-state index < -0.39 is 0 Å². The van der Waals surface area contributed by atoms with Crippen LogP contribution in [0, 0.1) is 6.92 Å². The molecule has 3 rings (SSSR count). The van der Waals surface area contributed by atoms with E-state index in [0.29, 0.717) is 13.0 Å². The van der Waals surface area contributed by atoms with E-state index in [9.17, 15) is 9.59 Å². The van der Waals surface area contributed by atoms with Gasteiger partial charge in [-0.25, -0.2) is 0 Å². The van der Waals surface area contributed by atoms with E-state index in [0.717, 1.165) is 41.5 Å². The molecule has 1 unspecified atom stereocenters. The molecule has 0 aliphatic carbocycles. The summed E-state index contributed by atoms with van der Waals surface area (Å²) in [5, 5.41) is 0. The Morgan fingerprint density at radius 2 is 2.00 bits per heavy atom. The highest BCUT2D eigenvalue weighted by atomic mass is 79.9. The van der Waals surface area contributed by atoms with Crippen LogP contribution < -0.4 is 4.90 Å². The lowest BCUT2D eigenvalue weighted by atomic mass is 10.0. The number of hydrogen-bond acceptors (Lipinski definition) is 2. The zero-order valence-corrected chi connectivity index (χ0v) is 13.7. The van der Waals surface area contributed by atoms with Crippen LogP contribution in [0.4, 0.5) is 5.69 Å². The fourth-order valence-corrected chi connectivity index (χ4v) is 3.66. The van der Waals surface area contributed by atoms with E-state index in [1.165, 1.54) is 0 Å². The van der Waals surface area contributed by atoms with E-state index in [4.69, 9.17) is 0 Å². The van der Waals surface area contributed by atoms with Crippen molar-refractivity contribution in [1.29, 1.82) is 0 Å². The van der Waals surface area contributed by atoms with Gasteiger partial charge in [-0.2, -0.15) is 0 Å². The number of carbonyl (C=O) groups is 2. The first kappa shape index (κ1) is 14.6. The summed E-state index contributed by atoms with van der Waals surface area (Å²) in [6.07, 6.45) is 3.21. The van der Waals surface area contributed by atoms with E-state index >= 15 is 0 Å². The first-order valence-corrected chi connectivity index (χ1v) is 8.24. The van der Waals surface area contributed by atoms with Crippen LogP contribution in [0.25, 0.3) is 0 Å². The molecule has 4 nitrogen and oxygen atoms in total. The average molecular weight is 351 g/mol. The third-order valence-corrected chi connectivity index (χ3v) is 4.99. The summed E-state index contributed by atoms with van der Waals surface area (Å²) < 4.78 is 0.901. The van der Waals surface area contributed by atoms with Crippen molar-refractivity contribution in [3.05, 3.63) is 28.2 Å². The number of aryl methyl sites for hydroxylation is 1. The zero-order valence-electron chi connectivity index (χ0n) is 12.1. The predicted octanol–water partition coefficient (Wildman–Crippen LogP) is 2.88. The Labute approximate surface area is 133 Å². The smallest absolute Gasteiger partial charge is 0.249 e. The lowest BCUT2D eigenvalue weighted by Crippen LogP contribution is -2.49. The highest BCUT2D eigenvalue weighted by Gasteiger charge is 2.38. The summed E-state index contributed by atoms with van der Waals surface area (Å²) in [6.45, 7) is 3.20. The van der Waals surface area contributed by atoms with Crippen LogP contribution in [-0.2, 0) is 9.59 Å². The number of rotatable bonds is 1. The minimum absolute atomic E-state index is 0.0619. The van der Waals surface area contributed by atoms with Crippen LogP contribution in [0.3, 0.4) is 0 Å². The van der Waals surface area contributed by atoms with Gasteiger partial charge in [0.1, 0.15) is 6.04 Å². The number of carbonyl (C=O) groups excluding carboxylic acids is 2. The van der Waals surface area contributed by atoms with Gasteiger partial charge < -0.3 is 9.80 Å². The Bertz CT molecular complexity index is 588. The Balaban J connectivity index is 1.97. The summed E-state index contributed by atoms with van der Waals surface area (Å²) >= 11 is 3.53. The first-order valence-electron chi connectivity index (χ1n) is 7.45. The molecule has 2 amide bonds. The Hall–Kier alpha value is -1.36. The average Bonchev–Trinajstić information content (AvgIpc) is 2.61. The van der Waals surface area contributed by atoms with Gasteiger partial charge in [-0.05, 0) is 59.8 Å². The Kier molecular flexibility index (Phi) is 4.02. The molecule has 2 heterocycles. The SMILES string of the molecule is Cc1ccc(Br)c(N2CCC(=O)N3CCCCC3C2=O)c1. The summed E-state index contributed by atoms with van der Waals surface area (Å²) in [4.78, 5) is 28.7. The molecule has 2 saturated heterocycles. The maximum Gasteiger partial charge on any atom is 0.249 e. The molecule has 0 aromatic heterocycles. The molecule has 21 heavy (non-hydrogen) atoms. The van der Waals surface area contributed by atoms with Crippen LogP contribution in [0.2, 0.25) is 0 Å². The van der Waals surface area contributed by atoms with Crippen LogP contribution >= 0.6 is 15.9 Å². The molecular formula is C16H19BrN2O2. The molecule has 5 heteroatoms. The Morgan fingerprint density at radius 3 is 2.81 bits per heavy atom. The van der Waals surface area contributed by atoms with Crippen LogP contribution in [-0.4, -0.2) is 35.8 Å². The van der Waals surface area contributed by atoms with Gasteiger partial charge >= 0.3 is 0 Å². The number of anilines is 1. The van der Waals surface area contributed by atoms with E-state index in [2.05, 4.69) is 15.9 Å². The molecule has 2 fully saturated rings. The fourth-order valence-electron chi connectivity index (χ4n) is 3.20. The molecule has 1 atom stereocenters. The van der Waals surface area contributed by atoms with Crippen molar-refractivity contribution in [1.82, 2.24) is 4.90 Å². The minimum atomic E-state index is -0.277. The largest absolute Gasteiger partial charge is 0.331 e. The molecule has 0 spiro atoms. The third kappa shape index (κ3) is 2.71. The van der Waals surface area contributed by atoms with Gasteiger partial charge in [0.25, 0.3) is 0 Å². The molecule has 2 aliphatic rings. The number of halogens is 1. The lowest BCUT2D eigenvalue weighted by molar-refractivity contribution is -0.138. The van der Waals surface area contributed by atoms with Crippen molar-refractivity contribution in [2.75, 3.05) is 18.0 Å². The van der Waals surface area contributed by atoms with Crippen LogP contribution in [0.15, 0.2) is 22.7 Å². The van der Waals surface area contributed by atoms with Gasteiger partial charge in [0.15, 0.2) is 0 Å². The van der Waals surface area contributed by atoms with Crippen molar-refractivity contribution < 1.29 is 9.59 Å². The number of fused-ring (bicyclic) bond motifs is 1. The van der Waals surface area contributed by atoms with Gasteiger partial charge in [-0.15, -0.1) is 0 Å². The van der Waals surface area contributed by atoms with Gasteiger partial charge in [-0.1, -0.05) is 6.07 Å². The third-order valence-electron chi connectivity index (χ3n) is 4.32. The number of amides is 2. The maximum atomic E-state index is 12.9. The van der Waals surface area contributed by atoms with Crippen LogP contribution in [0.1, 0.15) is 31.2 Å². The fraction of sp³-hybridized carbons (Fsp3) is 0.500. The number of nitrogens with zero attached hydrogens (tertiary/aromatic N) is 2. The zero-order chi connectivity index (χ0) is 15.0. The van der Waals surface area contributed by atoms with Crippen LogP contribution in [0.5, 0.6) is 0 Å². The molecule has 1 aromatic carbocycles. The van der Waals surface area contributed by atoms with Crippen molar-refractivity contribution in [2.24, 2.45) is 0 Å². The van der Waals surface area contributed by atoms with Gasteiger partial charge in [0, 0.05) is 24.0 Å².